The predicted octanol–water partition coefficient (Wildman–Crippen LogP) is 5.95. The highest BCUT2D eigenvalue weighted by Gasteiger charge is 2.46. The minimum Gasteiger partial charge on any atom is -0.507 e. The Morgan fingerprint density at radius 3 is 2.57 bits per heavy atom. The maximum absolute atomic E-state index is 13.2. The van der Waals surface area contributed by atoms with E-state index in [1.54, 1.807) is 36.7 Å². The molecule has 3 aromatic rings. The maximum Gasteiger partial charge on any atom is 0.295 e. The number of benzene rings is 2. The van der Waals surface area contributed by atoms with Gasteiger partial charge in [0.2, 0.25) is 0 Å². The number of nitrogens with zero attached hydrogens (tertiary/aromatic N) is 2. The Labute approximate surface area is 213 Å². The van der Waals surface area contributed by atoms with Gasteiger partial charge in [-0.1, -0.05) is 47.5 Å². The molecule has 0 aliphatic carbocycles. The summed E-state index contributed by atoms with van der Waals surface area (Å²) in [6, 6.07) is 15.6. The summed E-state index contributed by atoms with van der Waals surface area (Å²) in [4.78, 5) is 32.0. The van der Waals surface area contributed by atoms with Gasteiger partial charge in [-0.25, -0.2) is 0 Å². The fourth-order valence-corrected chi connectivity index (χ4v) is 4.43. The van der Waals surface area contributed by atoms with E-state index >= 15 is 0 Å². The van der Waals surface area contributed by atoms with Crippen LogP contribution in [0.25, 0.3) is 5.76 Å². The first-order chi connectivity index (χ1) is 16.9. The lowest BCUT2D eigenvalue weighted by molar-refractivity contribution is -0.140. The summed E-state index contributed by atoms with van der Waals surface area (Å²) in [6.45, 7) is 4.80. The largest absolute Gasteiger partial charge is 0.507 e. The Bertz CT molecular complexity index is 1260. The third-order valence-electron chi connectivity index (χ3n) is 6.01. The highest BCUT2D eigenvalue weighted by atomic mass is 79.9. The van der Waals surface area contributed by atoms with Gasteiger partial charge in [-0.3, -0.25) is 14.6 Å². The molecule has 1 atom stereocenters. The summed E-state index contributed by atoms with van der Waals surface area (Å²) in [5, 5.41) is 11.3. The smallest absolute Gasteiger partial charge is 0.295 e. The molecular weight excluding hydrogens is 508 g/mol. The number of aliphatic hydroxyl groups is 1. The Hall–Kier alpha value is -3.45. The van der Waals surface area contributed by atoms with Gasteiger partial charge in [-0.15, -0.1) is 0 Å². The molecule has 1 aromatic heterocycles. The van der Waals surface area contributed by atoms with E-state index in [9.17, 15) is 14.7 Å². The third kappa shape index (κ3) is 5.30. The van der Waals surface area contributed by atoms with Crippen LogP contribution in [0.5, 0.6) is 5.75 Å². The van der Waals surface area contributed by atoms with Crippen LogP contribution in [0, 0.1) is 6.92 Å². The van der Waals surface area contributed by atoms with Crippen LogP contribution in [0.3, 0.4) is 0 Å². The van der Waals surface area contributed by atoms with Crippen LogP contribution in [0.4, 0.5) is 0 Å². The number of aryl methyl sites for hydroxylation is 1. The number of unbranched alkanes of at least 4 members (excludes halogenated alkanes) is 1. The van der Waals surface area contributed by atoms with Gasteiger partial charge >= 0.3 is 0 Å². The molecule has 1 amide bonds. The maximum atomic E-state index is 13.2. The molecule has 0 spiro atoms. The Kier molecular flexibility index (Phi) is 7.66. The van der Waals surface area contributed by atoms with Gasteiger partial charge in [0.15, 0.2) is 0 Å². The molecule has 6 nitrogen and oxygen atoms in total. The highest BCUT2D eigenvalue weighted by molar-refractivity contribution is 9.10. The van der Waals surface area contributed by atoms with E-state index in [4.69, 9.17) is 4.74 Å². The molecule has 4 rings (SSSR count). The first-order valence-electron chi connectivity index (χ1n) is 11.6. The average Bonchev–Trinajstić information content (AvgIpc) is 3.10. The van der Waals surface area contributed by atoms with Crippen LogP contribution in [0.2, 0.25) is 0 Å². The van der Waals surface area contributed by atoms with Crippen molar-refractivity contribution < 1.29 is 19.4 Å². The number of amides is 1. The number of carbonyl (C=O) groups is 2. The van der Waals surface area contributed by atoms with Gasteiger partial charge < -0.3 is 14.7 Å². The van der Waals surface area contributed by atoms with E-state index in [2.05, 4.69) is 27.8 Å². The molecule has 0 radical (unpaired) electrons. The zero-order chi connectivity index (χ0) is 24.9. The van der Waals surface area contributed by atoms with Crippen molar-refractivity contribution in [2.75, 3.05) is 6.61 Å². The van der Waals surface area contributed by atoms with Crippen molar-refractivity contribution in [2.45, 2.75) is 39.3 Å². The van der Waals surface area contributed by atoms with Crippen molar-refractivity contribution in [2.24, 2.45) is 0 Å². The first kappa shape index (κ1) is 24.7. The standard InChI is InChI=1S/C28H27BrN2O4/c1-3-4-14-35-23-12-9-21(15-18(23)2)26(32)24-25(20-7-10-22(29)11-8-20)31(28(34)27(24)33)17-19-6-5-13-30-16-19/h5-13,15-16,25,32H,3-4,14,17H2,1-2H3/b26-24+/t25-/m0/s1. The molecule has 180 valence electrons. The van der Waals surface area contributed by atoms with Crippen molar-refractivity contribution in [1.29, 1.82) is 0 Å². The molecule has 1 aliphatic rings. The topological polar surface area (TPSA) is 79.7 Å². The lowest BCUT2D eigenvalue weighted by Crippen LogP contribution is -2.29. The highest BCUT2D eigenvalue weighted by Crippen LogP contribution is 2.41. The number of likely N-dealkylation sites (tertiary alicyclic amines) is 1. The average molecular weight is 535 g/mol. The van der Waals surface area contributed by atoms with Gasteiger partial charge in [0.1, 0.15) is 11.5 Å². The molecule has 0 unspecified atom stereocenters. The normalized spacial score (nSPS) is 17.1. The Morgan fingerprint density at radius 2 is 1.91 bits per heavy atom. The summed E-state index contributed by atoms with van der Waals surface area (Å²) in [6.07, 6.45) is 5.31. The minimum atomic E-state index is -0.732. The molecule has 1 aliphatic heterocycles. The zero-order valence-corrected chi connectivity index (χ0v) is 21.3. The summed E-state index contributed by atoms with van der Waals surface area (Å²) < 4.78 is 6.70. The quantitative estimate of drug-likeness (QED) is 0.167. The van der Waals surface area contributed by atoms with Gasteiger partial charge in [0, 0.05) is 29.0 Å². The molecule has 0 bridgehead atoms. The Balaban J connectivity index is 1.77. The number of aliphatic hydroxyl groups excluding tert-OH is 1. The van der Waals surface area contributed by atoms with Crippen LogP contribution < -0.4 is 4.74 Å². The second-order valence-electron chi connectivity index (χ2n) is 8.52. The third-order valence-corrected chi connectivity index (χ3v) is 6.53. The summed E-state index contributed by atoms with van der Waals surface area (Å²) in [5.74, 6) is -0.829. The van der Waals surface area contributed by atoms with Gasteiger partial charge in [-0.2, -0.15) is 0 Å². The van der Waals surface area contributed by atoms with Crippen molar-refractivity contribution in [3.63, 3.8) is 0 Å². The van der Waals surface area contributed by atoms with Crippen LogP contribution in [0.15, 0.2) is 77.0 Å². The van der Waals surface area contributed by atoms with Crippen molar-refractivity contribution in [1.82, 2.24) is 9.88 Å². The van der Waals surface area contributed by atoms with Crippen LogP contribution in [0.1, 0.15) is 48.1 Å². The molecule has 1 fully saturated rings. The number of aromatic nitrogens is 1. The number of carbonyl (C=O) groups excluding carboxylic acids is 2. The number of Topliss-reactive ketones (excluding diaryl/α,β-unsaturated/α-hetero) is 1. The second kappa shape index (κ2) is 10.9. The van der Waals surface area contributed by atoms with Crippen LogP contribution in [-0.4, -0.2) is 33.3 Å². The molecular formula is C28H27BrN2O4. The van der Waals surface area contributed by atoms with E-state index in [0.29, 0.717) is 12.2 Å². The van der Waals surface area contributed by atoms with Crippen molar-refractivity contribution in [3.8, 4) is 5.75 Å². The van der Waals surface area contributed by atoms with E-state index in [-0.39, 0.29) is 17.9 Å². The zero-order valence-electron chi connectivity index (χ0n) is 19.7. The minimum absolute atomic E-state index is 0.0697. The van der Waals surface area contributed by atoms with E-state index in [0.717, 1.165) is 39.8 Å². The number of ether oxygens (including phenoxy) is 1. The van der Waals surface area contributed by atoms with Gasteiger partial charge in [-0.05, 0) is 66.4 Å². The summed E-state index contributed by atoms with van der Waals surface area (Å²) in [5.41, 5.74) is 2.90. The molecule has 7 heteroatoms. The molecule has 1 saturated heterocycles. The lowest BCUT2D eigenvalue weighted by Gasteiger charge is -2.25. The molecule has 2 heterocycles. The molecule has 1 N–H and O–H groups in total. The monoisotopic (exact) mass is 534 g/mol. The van der Waals surface area contributed by atoms with E-state index < -0.39 is 17.7 Å². The van der Waals surface area contributed by atoms with Crippen LogP contribution in [-0.2, 0) is 16.1 Å². The number of rotatable bonds is 8. The first-order valence-corrected chi connectivity index (χ1v) is 12.4. The number of ketones is 1. The SMILES string of the molecule is CCCCOc1ccc(/C(O)=C2\C(=O)C(=O)N(Cc3cccnc3)[C@H]2c2ccc(Br)cc2)cc1C. The van der Waals surface area contributed by atoms with Gasteiger partial charge in [0.25, 0.3) is 11.7 Å². The molecule has 35 heavy (non-hydrogen) atoms. The Morgan fingerprint density at radius 1 is 1.14 bits per heavy atom. The number of hydrogen-bond donors (Lipinski definition) is 1. The fourth-order valence-electron chi connectivity index (χ4n) is 4.16. The summed E-state index contributed by atoms with van der Waals surface area (Å²) >= 11 is 3.44. The fraction of sp³-hybridized carbons (Fsp3) is 0.250. The van der Waals surface area contributed by atoms with E-state index in [1.807, 2.05) is 37.3 Å². The van der Waals surface area contributed by atoms with Gasteiger partial charge in [0.05, 0.1) is 18.2 Å². The number of halogens is 1. The van der Waals surface area contributed by atoms with Crippen molar-refractivity contribution >= 4 is 33.4 Å². The number of hydrogen-bond acceptors (Lipinski definition) is 5. The van der Waals surface area contributed by atoms with Crippen LogP contribution >= 0.6 is 15.9 Å². The lowest BCUT2D eigenvalue weighted by atomic mass is 9.94. The van der Waals surface area contributed by atoms with Crippen molar-refractivity contribution in [3.05, 3.63) is 99.3 Å². The molecule has 0 saturated carbocycles. The number of pyridine rings is 1. The summed E-state index contributed by atoms with van der Waals surface area (Å²) in [7, 11) is 0. The van der Waals surface area contributed by atoms with E-state index in [1.165, 1.54) is 4.90 Å². The second-order valence-corrected chi connectivity index (χ2v) is 9.44. The molecule has 2 aromatic carbocycles. The predicted molar refractivity (Wildman–Crippen MR) is 138 cm³/mol.